The average Bonchev–Trinajstić information content (AvgIpc) is 2.60. The van der Waals surface area contributed by atoms with E-state index in [0.717, 1.165) is 24.7 Å². The Hall–Kier alpha value is -1.06. The summed E-state index contributed by atoms with van der Waals surface area (Å²) in [7, 11) is 0. The molecule has 1 aliphatic rings. The van der Waals surface area contributed by atoms with Gasteiger partial charge >= 0.3 is 0 Å². The highest BCUT2D eigenvalue weighted by Gasteiger charge is 2.25. The van der Waals surface area contributed by atoms with Crippen molar-refractivity contribution in [3.63, 3.8) is 0 Å². The average molecular weight is 208 g/mol. The largest absolute Gasteiger partial charge is 0.354 e. The van der Waals surface area contributed by atoms with E-state index in [1.807, 2.05) is 0 Å². The van der Waals surface area contributed by atoms with Crippen LogP contribution in [0.1, 0.15) is 51.9 Å². The van der Waals surface area contributed by atoms with E-state index in [4.69, 9.17) is 0 Å². The quantitative estimate of drug-likeness (QED) is 0.811. The van der Waals surface area contributed by atoms with Gasteiger partial charge in [0, 0.05) is 12.5 Å². The summed E-state index contributed by atoms with van der Waals surface area (Å²) in [5.74, 6) is 2.92. The molecule has 0 saturated heterocycles. The van der Waals surface area contributed by atoms with E-state index >= 15 is 0 Å². The third-order valence-electron chi connectivity index (χ3n) is 2.97. The molecular weight excluding hydrogens is 188 g/mol. The van der Waals surface area contributed by atoms with Crippen LogP contribution in [0.5, 0.6) is 0 Å². The molecule has 1 aromatic rings. The molecule has 4 heteroatoms. The predicted molar refractivity (Wildman–Crippen MR) is 61.1 cm³/mol. The fourth-order valence-electron chi connectivity index (χ4n) is 2.01. The molecule has 1 atom stereocenters. The van der Waals surface area contributed by atoms with Crippen LogP contribution >= 0.6 is 0 Å². The summed E-state index contributed by atoms with van der Waals surface area (Å²) in [5.41, 5.74) is 0. The molecule has 0 saturated carbocycles. The molecule has 2 heterocycles. The first-order valence-electron chi connectivity index (χ1n) is 5.80. The number of anilines is 1. The van der Waals surface area contributed by atoms with Crippen molar-refractivity contribution < 1.29 is 0 Å². The topological polar surface area (TPSA) is 42.7 Å². The Balaban J connectivity index is 2.34. The van der Waals surface area contributed by atoms with Crippen LogP contribution in [0.4, 0.5) is 5.95 Å². The second-order valence-electron chi connectivity index (χ2n) is 4.92. The molecule has 0 spiro atoms. The first kappa shape index (κ1) is 10.5. The lowest BCUT2D eigenvalue weighted by atomic mass is 10.0. The molecule has 1 N–H and O–H groups in total. The lowest BCUT2D eigenvalue weighted by molar-refractivity contribution is 0.320. The molecule has 0 amide bonds. The van der Waals surface area contributed by atoms with Gasteiger partial charge in [0.1, 0.15) is 0 Å². The fourth-order valence-corrected chi connectivity index (χ4v) is 2.01. The van der Waals surface area contributed by atoms with Gasteiger partial charge in [-0.25, -0.2) is 4.68 Å². The molecule has 0 radical (unpaired) electrons. The minimum atomic E-state index is 0.401. The number of nitrogens with zero attached hydrogens (tertiary/aromatic N) is 3. The Morgan fingerprint density at radius 1 is 1.33 bits per heavy atom. The maximum atomic E-state index is 4.60. The number of hydrogen-bond donors (Lipinski definition) is 1. The first-order valence-corrected chi connectivity index (χ1v) is 5.80. The molecular formula is C11H20N4. The third kappa shape index (κ3) is 1.85. The molecule has 0 fully saturated rings. The van der Waals surface area contributed by atoms with E-state index < -0.39 is 0 Å². The van der Waals surface area contributed by atoms with Gasteiger partial charge in [-0.2, -0.15) is 10.1 Å². The molecule has 1 unspecified atom stereocenters. The minimum absolute atomic E-state index is 0.401. The van der Waals surface area contributed by atoms with Crippen LogP contribution in [0, 0.1) is 5.92 Å². The summed E-state index contributed by atoms with van der Waals surface area (Å²) >= 11 is 0. The van der Waals surface area contributed by atoms with Gasteiger partial charge < -0.3 is 5.32 Å². The zero-order valence-electron chi connectivity index (χ0n) is 9.99. The molecule has 84 valence electrons. The molecule has 2 rings (SSSR count). The number of nitrogens with one attached hydrogen (secondary N) is 1. The Bertz CT molecular complexity index is 340. The lowest BCUT2D eigenvalue weighted by Gasteiger charge is -2.27. The molecule has 1 aliphatic heterocycles. The standard InChI is InChI=1S/C11H20N4/c1-7(2)9-5-6-12-11-13-10(8(3)4)14-15(9)11/h7-9H,5-6H2,1-4H3,(H,12,13,14). The van der Waals surface area contributed by atoms with Crippen LogP contribution in [0.3, 0.4) is 0 Å². The van der Waals surface area contributed by atoms with Crippen LogP contribution in [0.15, 0.2) is 0 Å². The highest BCUT2D eigenvalue weighted by atomic mass is 15.4. The zero-order chi connectivity index (χ0) is 11.0. The first-order chi connectivity index (χ1) is 7.09. The summed E-state index contributed by atoms with van der Waals surface area (Å²) in [5, 5.41) is 7.91. The molecule has 0 aliphatic carbocycles. The van der Waals surface area contributed by atoms with Crippen LogP contribution < -0.4 is 5.32 Å². The molecule has 15 heavy (non-hydrogen) atoms. The van der Waals surface area contributed by atoms with Gasteiger partial charge in [0.05, 0.1) is 6.04 Å². The summed E-state index contributed by atoms with van der Waals surface area (Å²) in [6.45, 7) is 9.77. The van der Waals surface area contributed by atoms with E-state index in [-0.39, 0.29) is 0 Å². The Labute approximate surface area is 91.1 Å². The Kier molecular flexibility index (Phi) is 2.67. The van der Waals surface area contributed by atoms with E-state index in [1.165, 1.54) is 0 Å². The van der Waals surface area contributed by atoms with Crippen molar-refractivity contribution in [2.75, 3.05) is 11.9 Å². The van der Waals surface area contributed by atoms with Crippen molar-refractivity contribution in [2.24, 2.45) is 5.92 Å². The van der Waals surface area contributed by atoms with Gasteiger partial charge in [-0.15, -0.1) is 0 Å². The van der Waals surface area contributed by atoms with Crippen molar-refractivity contribution in [2.45, 2.75) is 46.1 Å². The van der Waals surface area contributed by atoms with Crippen LogP contribution in [-0.2, 0) is 0 Å². The lowest BCUT2D eigenvalue weighted by Crippen LogP contribution is -2.27. The van der Waals surface area contributed by atoms with Gasteiger partial charge in [0.25, 0.3) is 0 Å². The monoisotopic (exact) mass is 208 g/mol. The van der Waals surface area contributed by atoms with Gasteiger partial charge in [0.2, 0.25) is 5.95 Å². The van der Waals surface area contributed by atoms with Gasteiger partial charge in [-0.3, -0.25) is 0 Å². The van der Waals surface area contributed by atoms with Crippen molar-refractivity contribution >= 4 is 5.95 Å². The minimum Gasteiger partial charge on any atom is -0.354 e. The second kappa shape index (κ2) is 3.83. The predicted octanol–water partition coefficient (Wildman–Crippen LogP) is 2.41. The summed E-state index contributed by atoms with van der Waals surface area (Å²) < 4.78 is 2.07. The summed E-state index contributed by atoms with van der Waals surface area (Å²) in [4.78, 5) is 4.52. The van der Waals surface area contributed by atoms with E-state index in [0.29, 0.717) is 17.9 Å². The van der Waals surface area contributed by atoms with Crippen molar-refractivity contribution in [3.05, 3.63) is 5.82 Å². The van der Waals surface area contributed by atoms with Gasteiger partial charge in [-0.1, -0.05) is 27.7 Å². The van der Waals surface area contributed by atoms with Crippen molar-refractivity contribution in [3.8, 4) is 0 Å². The molecule has 4 nitrogen and oxygen atoms in total. The van der Waals surface area contributed by atoms with E-state index in [2.05, 4.69) is 47.8 Å². The second-order valence-corrected chi connectivity index (χ2v) is 4.92. The zero-order valence-corrected chi connectivity index (χ0v) is 9.99. The van der Waals surface area contributed by atoms with Crippen LogP contribution in [0.25, 0.3) is 0 Å². The molecule has 0 bridgehead atoms. The van der Waals surface area contributed by atoms with Crippen molar-refractivity contribution in [1.82, 2.24) is 14.8 Å². The van der Waals surface area contributed by atoms with Gasteiger partial charge in [0.15, 0.2) is 5.82 Å². The maximum absolute atomic E-state index is 4.60. The fraction of sp³-hybridized carbons (Fsp3) is 0.818. The summed E-state index contributed by atoms with van der Waals surface area (Å²) in [6.07, 6.45) is 1.14. The number of hydrogen-bond acceptors (Lipinski definition) is 3. The third-order valence-corrected chi connectivity index (χ3v) is 2.97. The van der Waals surface area contributed by atoms with Crippen LogP contribution in [0.2, 0.25) is 0 Å². The van der Waals surface area contributed by atoms with Crippen LogP contribution in [-0.4, -0.2) is 21.3 Å². The smallest absolute Gasteiger partial charge is 0.221 e. The molecule has 0 aromatic carbocycles. The maximum Gasteiger partial charge on any atom is 0.221 e. The molecule has 1 aromatic heterocycles. The van der Waals surface area contributed by atoms with E-state index in [9.17, 15) is 0 Å². The Morgan fingerprint density at radius 3 is 2.67 bits per heavy atom. The number of fused-ring (bicyclic) bond motifs is 1. The number of aromatic nitrogens is 3. The van der Waals surface area contributed by atoms with Crippen molar-refractivity contribution in [1.29, 1.82) is 0 Å². The SMILES string of the molecule is CC(C)c1nc2n(n1)C(C(C)C)CCN2. The Morgan fingerprint density at radius 2 is 2.07 bits per heavy atom. The highest BCUT2D eigenvalue weighted by molar-refractivity contribution is 5.28. The van der Waals surface area contributed by atoms with E-state index in [1.54, 1.807) is 0 Å². The normalized spacial score (nSPS) is 20.5. The summed E-state index contributed by atoms with van der Waals surface area (Å²) in [6, 6.07) is 0.501. The number of rotatable bonds is 2. The highest BCUT2D eigenvalue weighted by Crippen LogP contribution is 2.28. The van der Waals surface area contributed by atoms with Gasteiger partial charge in [-0.05, 0) is 12.3 Å².